The van der Waals surface area contributed by atoms with Crippen molar-refractivity contribution in [2.75, 3.05) is 18.0 Å². The van der Waals surface area contributed by atoms with Crippen molar-refractivity contribution in [2.45, 2.75) is 39.2 Å². The Labute approximate surface area is 171 Å². The zero-order valence-corrected chi connectivity index (χ0v) is 17.0. The van der Waals surface area contributed by atoms with Gasteiger partial charge in [-0.25, -0.2) is 9.67 Å². The number of pyridine rings is 1. The van der Waals surface area contributed by atoms with Crippen LogP contribution in [0.15, 0.2) is 54.9 Å². The van der Waals surface area contributed by atoms with Crippen LogP contribution in [0.1, 0.15) is 54.2 Å². The predicted molar refractivity (Wildman–Crippen MR) is 115 cm³/mol. The quantitative estimate of drug-likeness (QED) is 0.694. The fraction of sp³-hybridized carbons (Fsp3) is 0.348. The Balaban J connectivity index is 1.50. The molecular weight excluding hydrogens is 362 g/mol. The van der Waals surface area contributed by atoms with Crippen LogP contribution in [0.2, 0.25) is 0 Å². The second-order valence-electron chi connectivity index (χ2n) is 7.74. The summed E-state index contributed by atoms with van der Waals surface area (Å²) in [7, 11) is 0. The molecular formula is C23H27N5O. The van der Waals surface area contributed by atoms with Crippen LogP contribution in [0.5, 0.6) is 0 Å². The topological polar surface area (TPSA) is 63.1 Å². The first-order valence-electron chi connectivity index (χ1n) is 10.2. The van der Waals surface area contributed by atoms with Crippen LogP contribution in [0.25, 0.3) is 5.69 Å². The van der Waals surface area contributed by atoms with E-state index in [-0.39, 0.29) is 11.8 Å². The third-order valence-corrected chi connectivity index (χ3v) is 5.29. The Bertz CT molecular complexity index is 974. The molecule has 0 bridgehead atoms. The van der Waals surface area contributed by atoms with E-state index in [1.54, 1.807) is 6.20 Å². The van der Waals surface area contributed by atoms with Crippen LogP contribution in [0.3, 0.4) is 0 Å². The summed E-state index contributed by atoms with van der Waals surface area (Å²) in [6.07, 6.45) is 5.92. The number of anilines is 1. The summed E-state index contributed by atoms with van der Waals surface area (Å²) < 4.78 is 1.86. The molecule has 3 heterocycles. The fourth-order valence-corrected chi connectivity index (χ4v) is 3.83. The molecule has 0 radical (unpaired) electrons. The van der Waals surface area contributed by atoms with Crippen molar-refractivity contribution < 1.29 is 4.79 Å². The molecule has 1 amide bonds. The number of rotatable bonds is 6. The van der Waals surface area contributed by atoms with Gasteiger partial charge in [0.15, 0.2) is 0 Å². The summed E-state index contributed by atoms with van der Waals surface area (Å²) in [5, 5.41) is 7.54. The number of nitrogens with one attached hydrogen (secondary N) is 1. The van der Waals surface area contributed by atoms with Crippen molar-refractivity contribution in [1.82, 2.24) is 20.1 Å². The van der Waals surface area contributed by atoms with E-state index in [1.165, 1.54) is 12.8 Å². The zero-order chi connectivity index (χ0) is 20.2. The normalized spacial score (nSPS) is 13.8. The lowest BCUT2D eigenvalue weighted by Gasteiger charge is -2.17. The molecule has 0 atom stereocenters. The SMILES string of the molecule is CC(C)c1c(C(=O)NCc2ccnc(N3CCCC3)c2)cnn1-c1ccccc1. The Kier molecular flexibility index (Phi) is 5.60. The van der Waals surface area contributed by atoms with Gasteiger partial charge in [-0.2, -0.15) is 5.10 Å². The van der Waals surface area contributed by atoms with Crippen molar-refractivity contribution in [3.63, 3.8) is 0 Å². The minimum absolute atomic E-state index is 0.101. The number of carbonyl (C=O) groups excluding carboxylic acids is 1. The summed E-state index contributed by atoms with van der Waals surface area (Å²) in [6, 6.07) is 13.9. The summed E-state index contributed by atoms with van der Waals surface area (Å²) >= 11 is 0. The van der Waals surface area contributed by atoms with Crippen LogP contribution in [0, 0.1) is 0 Å². The number of benzene rings is 1. The highest BCUT2D eigenvalue weighted by Gasteiger charge is 2.21. The van der Waals surface area contributed by atoms with Gasteiger partial charge in [-0.3, -0.25) is 4.79 Å². The van der Waals surface area contributed by atoms with Crippen LogP contribution < -0.4 is 10.2 Å². The lowest BCUT2D eigenvalue weighted by molar-refractivity contribution is 0.0949. The molecule has 1 aliphatic rings. The van der Waals surface area contributed by atoms with E-state index in [0.717, 1.165) is 35.9 Å². The standard InChI is InChI=1S/C23H27N5O/c1-17(2)22-20(16-26-28(22)19-8-4-3-5-9-19)23(29)25-15-18-10-11-24-21(14-18)27-12-6-7-13-27/h3-5,8-11,14,16-17H,6-7,12-13,15H2,1-2H3,(H,25,29). The molecule has 1 fully saturated rings. The first-order chi connectivity index (χ1) is 14.1. The van der Waals surface area contributed by atoms with E-state index in [0.29, 0.717) is 12.1 Å². The average molecular weight is 390 g/mol. The summed E-state index contributed by atoms with van der Waals surface area (Å²) in [5.74, 6) is 1.06. The van der Waals surface area contributed by atoms with E-state index >= 15 is 0 Å². The molecule has 0 saturated carbocycles. The molecule has 1 aliphatic heterocycles. The lowest BCUT2D eigenvalue weighted by Crippen LogP contribution is -2.25. The van der Waals surface area contributed by atoms with Crippen molar-refractivity contribution in [2.24, 2.45) is 0 Å². The first-order valence-corrected chi connectivity index (χ1v) is 10.2. The van der Waals surface area contributed by atoms with Crippen LogP contribution >= 0.6 is 0 Å². The molecule has 3 aromatic rings. The predicted octanol–water partition coefficient (Wildman–Crippen LogP) is 3.92. The van der Waals surface area contributed by atoms with E-state index in [2.05, 4.69) is 40.2 Å². The molecule has 1 N–H and O–H groups in total. The molecule has 0 aliphatic carbocycles. The van der Waals surface area contributed by atoms with Gasteiger partial charge >= 0.3 is 0 Å². The second kappa shape index (κ2) is 8.47. The van der Waals surface area contributed by atoms with Crippen molar-refractivity contribution in [3.8, 4) is 5.69 Å². The number of amides is 1. The van der Waals surface area contributed by atoms with Gasteiger partial charge in [0.1, 0.15) is 5.82 Å². The highest BCUT2D eigenvalue weighted by Crippen LogP contribution is 2.23. The van der Waals surface area contributed by atoms with Gasteiger partial charge in [-0.15, -0.1) is 0 Å². The van der Waals surface area contributed by atoms with Gasteiger partial charge in [0.2, 0.25) is 0 Å². The number of nitrogens with zero attached hydrogens (tertiary/aromatic N) is 4. The monoisotopic (exact) mass is 389 g/mol. The Hall–Kier alpha value is -3.15. The molecule has 1 saturated heterocycles. The molecule has 4 rings (SSSR count). The van der Waals surface area contributed by atoms with Gasteiger partial charge < -0.3 is 10.2 Å². The molecule has 6 heteroatoms. The number of hydrogen-bond donors (Lipinski definition) is 1. The molecule has 2 aromatic heterocycles. The second-order valence-corrected chi connectivity index (χ2v) is 7.74. The van der Waals surface area contributed by atoms with Crippen molar-refractivity contribution >= 4 is 11.7 Å². The molecule has 150 valence electrons. The van der Waals surface area contributed by atoms with E-state index in [1.807, 2.05) is 47.3 Å². The van der Waals surface area contributed by atoms with Crippen LogP contribution in [-0.4, -0.2) is 33.8 Å². The van der Waals surface area contributed by atoms with Gasteiger partial charge in [-0.05, 0) is 48.6 Å². The Morgan fingerprint density at radius 3 is 2.62 bits per heavy atom. The number of para-hydroxylation sites is 1. The highest BCUT2D eigenvalue weighted by atomic mass is 16.1. The van der Waals surface area contributed by atoms with Gasteiger partial charge in [0.05, 0.1) is 23.1 Å². The average Bonchev–Trinajstić information content (AvgIpc) is 3.43. The van der Waals surface area contributed by atoms with E-state index in [4.69, 9.17) is 0 Å². The summed E-state index contributed by atoms with van der Waals surface area (Å²) in [6.45, 7) is 6.74. The Morgan fingerprint density at radius 2 is 1.90 bits per heavy atom. The number of aromatic nitrogens is 3. The number of carbonyl (C=O) groups is 1. The molecule has 0 spiro atoms. The molecule has 6 nitrogen and oxygen atoms in total. The first kappa shape index (κ1) is 19.2. The van der Waals surface area contributed by atoms with Crippen molar-refractivity contribution in [1.29, 1.82) is 0 Å². The zero-order valence-electron chi connectivity index (χ0n) is 17.0. The fourth-order valence-electron chi connectivity index (χ4n) is 3.83. The van der Waals surface area contributed by atoms with Gasteiger partial charge in [0, 0.05) is 25.8 Å². The maximum Gasteiger partial charge on any atom is 0.255 e. The van der Waals surface area contributed by atoms with E-state index in [9.17, 15) is 4.79 Å². The van der Waals surface area contributed by atoms with Gasteiger partial charge in [-0.1, -0.05) is 32.0 Å². The third kappa shape index (κ3) is 4.16. The number of hydrogen-bond acceptors (Lipinski definition) is 4. The summed E-state index contributed by atoms with van der Waals surface area (Å²) in [5.41, 5.74) is 3.55. The Morgan fingerprint density at radius 1 is 1.14 bits per heavy atom. The minimum atomic E-state index is -0.101. The molecule has 1 aromatic carbocycles. The van der Waals surface area contributed by atoms with Crippen molar-refractivity contribution in [3.05, 3.63) is 71.7 Å². The van der Waals surface area contributed by atoms with Crippen LogP contribution in [-0.2, 0) is 6.54 Å². The summed E-state index contributed by atoms with van der Waals surface area (Å²) in [4.78, 5) is 19.7. The maximum absolute atomic E-state index is 12.9. The van der Waals surface area contributed by atoms with E-state index < -0.39 is 0 Å². The van der Waals surface area contributed by atoms with Crippen LogP contribution in [0.4, 0.5) is 5.82 Å². The lowest BCUT2D eigenvalue weighted by atomic mass is 10.0. The smallest absolute Gasteiger partial charge is 0.255 e. The maximum atomic E-state index is 12.9. The molecule has 0 unspecified atom stereocenters. The minimum Gasteiger partial charge on any atom is -0.357 e. The largest absolute Gasteiger partial charge is 0.357 e. The molecule has 29 heavy (non-hydrogen) atoms. The third-order valence-electron chi connectivity index (χ3n) is 5.29. The van der Waals surface area contributed by atoms with Gasteiger partial charge in [0.25, 0.3) is 5.91 Å². The highest BCUT2D eigenvalue weighted by molar-refractivity contribution is 5.95.